The van der Waals surface area contributed by atoms with Crippen molar-refractivity contribution in [2.24, 2.45) is 0 Å². The molecule has 0 aliphatic rings. The Labute approximate surface area is 72.4 Å². The summed E-state index contributed by atoms with van der Waals surface area (Å²) in [5.74, 6) is -0.424. The molecule has 1 aromatic heterocycles. The number of fused-ring (bicyclic) bond motifs is 1. The zero-order valence-electron chi connectivity index (χ0n) is 6.43. The Morgan fingerprint density at radius 3 is 2.85 bits per heavy atom. The van der Waals surface area contributed by atoms with Gasteiger partial charge < -0.3 is 9.52 Å². The number of furan rings is 1. The van der Waals surface area contributed by atoms with Gasteiger partial charge in [0.15, 0.2) is 5.58 Å². The van der Waals surface area contributed by atoms with Gasteiger partial charge in [-0.15, -0.1) is 0 Å². The van der Waals surface area contributed by atoms with E-state index >= 15 is 0 Å². The summed E-state index contributed by atoms with van der Waals surface area (Å²) in [4.78, 5) is 9.74. The molecule has 1 N–H and O–H groups in total. The third-order valence-electron chi connectivity index (χ3n) is 1.77. The number of hydrogen-bond acceptors (Lipinski definition) is 4. The van der Waals surface area contributed by atoms with E-state index in [2.05, 4.69) is 0 Å². The zero-order valence-corrected chi connectivity index (χ0v) is 6.43. The van der Waals surface area contributed by atoms with Crippen LogP contribution >= 0.6 is 0 Å². The van der Waals surface area contributed by atoms with Crippen LogP contribution in [0.2, 0.25) is 0 Å². The summed E-state index contributed by atoms with van der Waals surface area (Å²) in [7, 11) is 0. The summed E-state index contributed by atoms with van der Waals surface area (Å²) >= 11 is 0. The number of rotatable bonds is 1. The normalized spacial score (nSPS) is 10.5. The van der Waals surface area contributed by atoms with Gasteiger partial charge in [-0.2, -0.15) is 0 Å². The molecule has 0 unspecified atom stereocenters. The monoisotopic (exact) mass is 179 g/mol. The van der Waals surface area contributed by atoms with Crippen molar-refractivity contribution in [3.05, 3.63) is 34.6 Å². The van der Waals surface area contributed by atoms with Crippen molar-refractivity contribution < 1.29 is 14.4 Å². The number of phenolic OH excluding ortho intramolecular Hbond substituents is 1. The molecular weight excluding hydrogens is 174 g/mol. The third kappa shape index (κ3) is 1.01. The van der Waals surface area contributed by atoms with Crippen molar-refractivity contribution in [3.8, 4) is 5.75 Å². The average molecular weight is 179 g/mol. The van der Waals surface area contributed by atoms with Gasteiger partial charge in [-0.25, -0.2) is 0 Å². The fourth-order valence-electron chi connectivity index (χ4n) is 1.15. The fourth-order valence-corrected chi connectivity index (χ4v) is 1.15. The SMILES string of the molecule is O=[N+]([O-])c1ccc2ccoc2c1O. The molecule has 0 aliphatic heterocycles. The van der Waals surface area contributed by atoms with E-state index in [4.69, 9.17) is 4.42 Å². The largest absolute Gasteiger partial charge is 0.499 e. The van der Waals surface area contributed by atoms with Crippen LogP contribution in [0.3, 0.4) is 0 Å². The quantitative estimate of drug-likeness (QED) is 0.536. The summed E-state index contributed by atoms with van der Waals surface area (Å²) in [6.07, 6.45) is 1.37. The molecule has 2 aromatic rings. The van der Waals surface area contributed by atoms with Crippen LogP contribution in [-0.4, -0.2) is 10.0 Å². The highest BCUT2D eigenvalue weighted by atomic mass is 16.6. The number of hydrogen-bond donors (Lipinski definition) is 1. The Morgan fingerprint density at radius 2 is 2.15 bits per heavy atom. The van der Waals surface area contributed by atoms with Gasteiger partial charge in [-0.05, 0) is 12.1 Å². The van der Waals surface area contributed by atoms with Crippen LogP contribution in [-0.2, 0) is 0 Å². The molecule has 0 radical (unpaired) electrons. The molecule has 0 spiro atoms. The second-order valence-corrected chi connectivity index (χ2v) is 2.53. The lowest BCUT2D eigenvalue weighted by Crippen LogP contribution is -1.87. The Kier molecular flexibility index (Phi) is 1.45. The first-order valence-electron chi connectivity index (χ1n) is 3.53. The molecule has 0 amide bonds. The van der Waals surface area contributed by atoms with E-state index in [-0.39, 0.29) is 11.3 Å². The molecule has 1 heterocycles. The highest BCUT2D eigenvalue weighted by molar-refractivity contribution is 5.86. The third-order valence-corrected chi connectivity index (χ3v) is 1.77. The first-order chi connectivity index (χ1) is 6.20. The Balaban J connectivity index is 2.80. The highest BCUT2D eigenvalue weighted by Gasteiger charge is 2.17. The molecular formula is C8H5NO4. The lowest BCUT2D eigenvalue weighted by molar-refractivity contribution is -0.385. The fraction of sp³-hybridized carbons (Fsp3) is 0. The molecule has 5 heteroatoms. The van der Waals surface area contributed by atoms with E-state index < -0.39 is 10.7 Å². The van der Waals surface area contributed by atoms with Crippen molar-refractivity contribution in [2.45, 2.75) is 0 Å². The summed E-state index contributed by atoms with van der Waals surface area (Å²) in [6.45, 7) is 0. The molecule has 13 heavy (non-hydrogen) atoms. The van der Waals surface area contributed by atoms with Crippen molar-refractivity contribution in [1.29, 1.82) is 0 Å². The van der Waals surface area contributed by atoms with Crippen molar-refractivity contribution in [2.75, 3.05) is 0 Å². The number of nitro groups is 1. The second kappa shape index (κ2) is 2.48. The lowest BCUT2D eigenvalue weighted by Gasteiger charge is -1.95. The van der Waals surface area contributed by atoms with E-state index in [1.54, 1.807) is 6.07 Å². The van der Waals surface area contributed by atoms with Crippen LogP contribution in [0.4, 0.5) is 5.69 Å². The summed E-state index contributed by atoms with van der Waals surface area (Å²) in [6, 6.07) is 4.39. The zero-order chi connectivity index (χ0) is 9.42. The van der Waals surface area contributed by atoms with Crippen molar-refractivity contribution >= 4 is 16.7 Å². The average Bonchev–Trinajstić information content (AvgIpc) is 2.52. The van der Waals surface area contributed by atoms with Gasteiger partial charge >= 0.3 is 5.69 Å². The van der Waals surface area contributed by atoms with E-state index in [9.17, 15) is 15.2 Å². The molecule has 5 nitrogen and oxygen atoms in total. The molecule has 0 aliphatic carbocycles. The molecule has 0 saturated carbocycles. The first-order valence-corrected chi connectivity index (χ1v) is 3.53. The van der Waals surface area contributed by atoms with Gasteiger partial charge in [0.25, 0.3) is 0 Å². The van der Waals surface area contributed by atoms with Crippen LogP contribution in [0.1, 0.15) is 0 Å². The maximum atomic E-state index is 10.4. The standard InChI is InChI=1S/C8H5NO4/c10-7-6(9(11)12)2-1-5-3-4-13-8(5)7/h1-4,10H. The van der Waals surface area contributed by atoms with Gasteiger partial charge in [0, 0.05) is 11.5 Å². The molecule has 2 rings (SSSR count). The van der Waals surface area contributed by atoms with Gasteiger partial charge in [0.1, 0.15) is 0 Å². The van der Waals surface area contributed by atoms with Crippen LogP contribution in [0.25, 0.3) is 11.0 Å². The maximum absolute atomic E-state index is 10.4. The molecule has 0 fully saturated rings. The summed E-state index contributed by atoms with van der Waals surface area (Å²) in [5.41, 5.74) is -0.198. The predicted molar refractivity (Wildman–Crippen MR) is 44.5 cm³/mol. The number of nitrogens with zero attached hydrogens (tertiary/aromatic N) is 1. The molecule has 66 valence electrons. The Morgan fingerprint density at radius 1 is 1.38 bits per heavy atom. The topological polar surface area (TPSA) is 76.5 Å². The Bertz CT molecular complexity index is 474. The van der Waals surface area contributed by atoms with Gasteiger partial charge in [-0.3, -0.25) is 10.1 Å². The van der Waals surface area contributed by atoms with E-state index in [1.807, 2.05) is 0 Å². The Hall–Kier alpha value is -2.04. The number of nitro benzene ring substituents is 1. The van der Waals surface area contributed by atoms with Gasteiger partial charge in [0.2, 0.25) is 5.75 Å². The minimum absolute atomic E-state index is 0.147. The molecule has 0 saturated heterocycles. The minimum atomic E-state index is -0.655. The smallest absolute Gasteiger partial charge is 0.314 e. The summed E-state index contributed by atoms with van der Waals surface area (Å²) < 4.78 is 4.89. The van der Waals surface area contributed by atoms with Crippen LogP contribution in [0, 0.1) is 10.1 Å². The van der Waals surface area contributed by atoms with Gasteiger partial charge in [0.05, 0.1) is 11.2 Å². The number of aromatic hydroxyl groups is 1. The maximum Gasteiger partial charge on any atom is 0.314 e. The molecule has 0 bridgehead atoms. The highest BCUT2D eigenvalue weighted by Crippen LogP contribution is 2.34. The first kappa shape index (κ1) is 7.60. The van der Waals surface area contributed by atoms with Crippen LogP contribution in [0.5, 0.6) is 5.75 Å². The van der Waals surface area contributed by atoms with Gasteiger partial charge in [-0.1, -0.05) is 0 Å². The van der Waals surface area contributed by atoms with Crippen LogP contribution in [0.15, 0.2) is 28.9 Å². The molecule has 0 atom stereocenters. The predicted octanol–water partition coefficient (Wildman–Crippen LogP) is 2.05. The van der Waals surface area contributed by atoms with E-state index in [1.165, 1.54) is 18.4 Å². The van der Waals surface area contributed by atoms with Crippen LogP contribution < -0.4 is 0 Å². The lowest BCUT2D eigenvalue weighted by atomic mass is 10.2. The number of benzene rings is 1. The second-order valence-electron chi connectivity index (χ2n) is 2.53. The number of phenols is 1. The summed E-state index contributed by atoms with van der Waals surface area (Å²) in [5, 5.41) is 20.4. The molecule has 1 aromatic carbocycles. The van der Waals surface area contributed by atoms with Crippen molar-refractivity contribution in [3.63, 3.8) is 0 Å². The van der Waals surface area contributed by atoms with E-state index in [0.717, 1.165) is 0 Å². The van der Waals surface area contributed by atoms with E-state index in [0.29, 0.717) is 5.39 Å². The minimum Gasteiger partial charge on any atom is -0.499 e. The van der Waals surface area contributed by atoms with Crippen molar-refractivity contribution in [1.82, 2.24) is 0 Å².